The zero-order valence-corrected chi connectivity index (χ0v) is 14.9. The summed E-state index contributed by atoms with van der Waals surface area (Å²) < 4.78 is 3.25. The van der Waals surface area contributed by atoms with E-state index in [0.717, 1.165) is 36.1 Å². The second kappa shape index (κ2) is 7.12. The number of aryl methyl sites for hydroxylation is 3. The first-order chi connectivity index (χ1) is 10.1. The average molecular weight is 350 g/mol. The highest BCUT2D eigenvalue weighted by atomic mass is 79.9. The van der Waals surface area contributed by atoms with E-state index in [4.69, 9.17) is 0 Å². The Labute approximate surface area is 136 Å². The van der Waals surface area contributed by atoms with E-state index in [1.165, 1.54) is 16.9 Å². The Balaban J connectivity index is 2.22. The van der Waals surface area contributed by atoms with Crippen LogP contribution >= 0.6 is 15.9 Å². The van der Waals surface area contributed by atoms with Crippen molar-refractivity contribution in [2.24, 2.45) is 0 Å². The monoisotopic (exact) mass is 349 g/mol. The summed E-state index contributed by atoms with van der Waals surface area (Å²) in [4.78, 5) is 2.27. The quantitative estimate of drug-likeness (QED) is 0.769. The molecular formula is C17H24BrN3. The molecule has 4 heteroatoms. The lowest BCUT2D eigenvalue weighted by atomic mass is 10.1. The molecule has 114 valence electrons. The maximum absolute atomic E-state index is 4.66. The van der Waals surface area contributed by atoms with Gasteiger partial charge in [0.05, 0.1) is 22.4 Å². The number of hydrogen-bond donors (Lipinski definition) is 0. The molecule has 0 aliphatic heterocycles. The van der Waals surface area contributed by atoms with Crippen LogP contribution in [-0.2, 0) is 25.9 Å². The third kappa shape index (κ3) is 3.49. The van der Waals surface area contributed by atoms with E-state index in [2.05, 4.69) is 82.7 Å². The van der Waals surface area contributed by atoms with Crippen LogP contribution in [-0.4, -0.2) is 16.8 Å². The average Bonchev–Trinajstić information content (AvgIpc) is 2.83. The first kappa shape index (κ1) is 16.1. The fourth-order valence-electron chi connectivity index (χ4n) is 2.47. The molecule has 0 aliphatic carbocycles. The van der Waals surface area contributed by atoms with Crippen molar-refractivity contribution < 1.29 is 0 Å². The maximum Gasteiger partial charge on any atom is 0.0767 e. The first-order valence-corrected chi connectivity index (χ1v) is 8.44. The molecule has 0 atom stereocenters. The standard InChI is InChI=1S/C17H24BrN3/c1-5-13-8-10-14(11-9-13)20(4)12-16-17(18)15(6-2)19-21(16)7-3/h8-11H,5-7,12H2,1-4H3. The van der Waals surface area contributed by atoms with Gasteiger partial charge in [0.1, 0.15) is 0 Å². The zero-order valence-electron chi connectivity index (χ0n) is 13.4. The van der Waals surface area contributed by atoms with Gasteiger partial charge in [-0.3, -0.25) is 4.68 Å². The Bertz CT molecular complexity index is 587. The zero-order chi connectivity index (χ0) is 15.4. The number of benzene rings is 1. The molecule has 0 N–H and O–H groups in total. The molecule has 1 heterocycles. The summed E-state index contributed by atoms with van der Waals surface area (Å²) in [6.45, 7) is 8.22. The van der Waals surface area contributed by atoms with E-state index >= 15 is 0 Å². The molecule has 2 rings (SSSR count). The second-order valence-electron chi connectivity index (χ2n) is 5.25. The largest absolute Gasteiger partial charge is 0.369 e. The molecule has 0 fully saturated rings. The van der Waals surface area contributed by atoms with Crippen molar-refractivity contribution in [3.63, 3.8) is 0 Å². The van der Waals surface area contributed by atoms with E-state index in [1.54, 1.807) is 0 Å². The van der Waals surface area contributed by atoms with Crippen molar-refractivity contribution in [2.75, 3.05) is 11.9 Å². The fraction of sp³-hybridized carbons (Fsp3) is 0.471. The van der Waals surface area contributed by atoms with Gasteiger partial charge in [0.25, 0.3) is 0 Å². The SMILES string of the molecule is CCc1ccc(N(C)Cc2c(Br)c(CC)nn2CC)cc1. The van der Waals surface area contributed by atoms with E-state index in [9.17, 15) is 0 Å². The van der Waals surface area contributed by atoms with Crippen molar-refractivity contribution in [1.82, 2.24) is 9.78 Å². The van der Waals surface area contributed by atoms with Gasteiger partial charge >= 0.3 is 0 Å². The molecule has 3 nitrogen and oxygen atoms in total. The highest BCUT2D eigenvalue weighted by molar-refractivity contribution is 9.10. The maximum atomic E-state index is 4.66. The van der Waals surface area contributed by atoms with E-state index < -0.39 is 0 Å². The second-order valence-corrected chi connectivity index (χ2v) is 6.05. The smallest absolute Gasteiger partial charge is 0.0767 e. The molecule has 0 bridgehead atoms. The molecule has 0 saturated heterocycles. The van der Waals surface area contributed by atoms with Crippen molar-refractivity contribution in [3.8, 4) is 0 Å². The predicted octanol–water partition coefficient (Wildman–Crippen LogP) is 4.43. The van der Waals surface area contributed by atoms with Gasteiger partial charge < -0.3 is 4.90 Å². The number of halogens is 1. The highest BCUT2D eigenvalue weighted by Crippen LogP contribution is 2.25. The van der Waals surface area contributed by atoms with Gasteiger partial charge in [-0.15, -0.1) is 0 Å². The Morgan fingerprint density at radius 2 is 1.76 bits per heavy atom. The van der Waals surface area contributed by atoms with Crippen LogP contribution in [0.4, 0.5) is 5.69 Å². The van der Waals surface area contributed by atoms with Gasteiger partial charge in [0.2, 0.25) is 0 Å². The molecule has 0 unspecified atom stereocenters. The fourth-order valence-corrected chi connectivity index (χ4v) is 3.16. The van der Waals surface area contributed by atoms with E-state index in [1.807, 2.05) is 0 Å². The number of hydrogen-bond acceptors (Lipinski definition) is 2. The highest BCUT2D eigenvalue weighted by Gasteiger charge is 2.15. The Morgan fingerprint density at radius 1 is 1.10 bits per heavy atom. The lowest BCUT2D eigenvalue weighted by Crippen LogP contribution is -2.19. The molecule has 0 aliphatic rings. The molecule has 0 spiro atoms. The summed E-state index contributed by atoms with van der Waals surface area (Å²) in [5, 5.41) is 4.66. The van der Waals surface area contributed by atoms with Gasteiger partial charge in [-0.1, -0.05) is 26.0 Å². The Morgan fingerprint density at radius 3 is 2.29 bits per heavy atom. The minimum absolute atomic E-state index is 0.854. The van der Waals surface area contributed by atoms with Crippen LogP contribution in [0.1, 0.15) is 37.7 Å². The third-order valence-electron chi connectivity index (χ3n) is 3.87. The molecule has 1 aromatic heterocycles. The Kier molecular flexibility index (Phi) is 5.45. The van der Waals surface area contributed by atoms with Crippen molar-refractivity contribution in [3.05, 3.63) is 45.7 Å². The van der Waals surface area contributed by atoms with Crippen LogP contribution in [0.2, 0.25) is 0 Å². The Hall–Kier alpha value is -1.29. The minimum Gasteiger partial charge on any atom is -0.369 e. The summed E-state index contributed by atoms with van der Waals surface area (Å²) in [5.41, 5.74) is 5.00. The van der Waals surface area contributed by atoms with Crippen LogP contribution in [0.5, 0.6) is 0 Å². The van der Waals surface area contributed by atoms with Crippen LogP contribution in [0.3, 0.4) is 0 Å². The van der Waals surface area contributed by atoms with Gasteiger partial charge in [0.15, 0.2) is 0 Å². The minimum atomic E-state index is 0.854. The first-order valence-electron chi connectivity index (χ1n) is 7.64. The lowest BCUT2D eigenvalue weighted by molar-refractivity contribution is 0.609. The summed E-state index contributed by atoms with van der Waals surface area (Å²) in [7, 11) is 2.13. The molecular weight excluding hydrogens is 326 g/mol. The summed E-state index contributed by atoms with van der Waals surface area (Å²) >= 11 is 3.72. The number of nitrogens with zero attached hydrogens (tertiary/aromatic N) is 3. The lowest BCUT2D eigenvalue weighted by Gasteiger charge is -2.20. The molecule has 0 saturated carbocycles. The third-order valence-corrected chi connectivity index (χ3v) is 4.78. The van der Waals surface area contributed by atoms with E-state index in [-0.39, 0.29) is 0 Å². The molecule has 21 heavy (non-hydrogen) atoms. The molecule has 0 amide bonds. The van der Waals surface area contributed by atoms with Crippen LogP contribution in [0.15, 0.2) is 28.7 Å². The van der Waals surface area contributed by atoms with Crippen LogP contribution in [0, 0.1) is 0 Å². The topological polar surface area (TPSA) is 21.1 Å². The number of anilines is 1. The van der Waals surface area contributed by atoms with Crippen molar-refractivity contribution in [1.29, 1.82) is 0 Å². The van der Waals surface area contributed by atoms with Gasteiger partial charge in [0, 0.05) is 19.3 Å². The summed E-state index contributed by atoms with van der Waals surface area (Å²) in [6.07, 6.45) is 2.04. The van der Waals surface area contributed by atoms with Gasteiger partial charge in [-0.2, -0.15) is 5.10 Å². The molecule has 1 aromatic carbocycles. The van der Waals surface area contributed by atoms with Crippen molar-refractivity contribution >= 4 is 21.6 Å². The number of aromatic nitrogens is 2. The van der Waals surface area contributed by atoms with Crippen LogP contribution in [0.25, 0.3) is 0 Å². The van der Waals surface area contributed by atoms with Crippen LogP contribution < -0.4 is 4.90 Å². The summed E-state index contributed by atoms with van der Waals surface area (Å²) in [6, 6.07) is 8.80. The van der Waals surface area contributed by atoms with Crippen molar-refractivity contribution in [2.45, 2.75) is 46.7 Å². The number of rotatable bonds is 6. The van der Waals surface area contributed by atoms with E-state index in [0.29, 0.717) is 0 Å². The van der Waals surface area contributed by atoms with Gasteiger partial charge in [-0.25, -0.2) is 0 Å². The predicted molar refractivity (Wildman–Crippen MR) is 92.9 cm³/mol. The molecule has 2 aromatic rings. The normalized spacial score (nSPS) is 10.9. The molecule has 0 radical (unpaired) electrons. The summed E-state index contributed by atoms with van der Waals surface area (Å²) in [5.74, 6) is 0. The van der Waals surface area contributed by atoms with Gasteiger partial charge in [-0.05, 0) is 53.4 Å².